The van der Waals surface area contributed by atoms with Crippen LogP contribution in [-0.2, 0) is 19.3 Å². The van der Waals surface area contributed by atoms with Gasteiger partial charge in [0.25, 0.3) is 0 Å². The van der Waals surface area contributed by atoms with Crippen molar-refractivity contribution < 1.29 is 10.2 Å². The lowest BCUT2D eigenvalue weighted by atomic mass is 9.95. The molecule has 3 nitrogen and oxygen atoms in total. The molecule has 2 N–H and O–H groups in total. The van der Waals surface area contributed by atoms with Crippen LogP contribution >= 0.6 is 0 Å². The topological polar surface area (TPSA) is 45.4 Å². The third-order valence-corrected chi connectivity index (χ3v) is 5.47. The molecule has 0 radical (unpaired) electrons. The van der Waals surface area contributed by atoms with Gasteiger partial charge < -0.3 is 10.2 Å². The Bertz CT molecular complexity index is 939. The van der Waals surface area contributed by atoms with E-state index in [-0.39, 0.29) is 11.8 Å². The molecule has 3 aromatic rings. The van der Waals surface area contributed by atoms with Gasteiger partial charge in [-0.1, -0.05) is 30.3 Å². The van der Waals surface area contributed by atoms with Gasteiger partial charge in [0, 0.05) is 11.1 Å². The predicted molar refractivity (Wildman–Crippen MR) is 94.0 cm³/mol. The lowest BCUT2D eigenvalue weighted by molar-refractivity contribution is 0.399. The fraction of sp³-hybridized carbons (Fsp3) is 0.238. The van der Waals surface area contributed by atoms with E-state index in [2.05, 4.69) is 36.4 Å². The lowest BCUT2D eigenvalue weighted by Gasteiger charge is -2.09. The minimum Gasteiger partial charge on any atom is -0.494 e. The molecular formula is C21H19NO2. The summed E-state index contributed by atoms with van der Waals surface area (Å²) in [4.78, 5) is 0. The van der Waals surface area contributed by atoms with Gasteiger partial charge in [0.15, 0.2) is 0 Å². The Morgan fingerprint density at radius 2 is 1.42 bits per heavy atom. The Morgan fingerprint density at radius 1 is 0.750 bits per heavy atom. The zero-order valence-corrected chi connectivity index (χ0v) is 13.4. The van der Waals surface area contributed by atoms with Crippen molar-refractivity contribution in [2.45, 2.75) is 32.1 Å². The normalized spacial score (nSPS) is 15.0. The van der Waals surface area contributed by atoms with Crippen LogP contribution in [0.25, 0.3) is 16.8 Å². The summed E-state index contributed by atoms with van der Waals surface area (Å²) >= 11 is 0. The molecule has 0 unspecified atom stereocenters. The van der Waals surface area contributed by atoms with E-state index >= 15 is 0 Å². The van der Waals surface area contributed by atoms with Gasteiger partial charge in [-0.15, -0.1) is 0 Å². The van der Waals surface area contributed by atoms with Crippen molar-refractivity contribution >= 4 is 0 Å². The van der Waals surface area contributed by atoms with E-state index in [9.17, 15) is 10.2 Å². The third kappa shape index (κ3) is 1.78. The molecule has 0 bridgehead atoms. The van der Waals surface area contributed by atoms with Gasteiger partial charge in [0.2, 0.25) is 11.8 Å². The second kappa shape index (κ2) is 4.91. The van der Waals surface area contributed by atoms with E-state index < -0.39 is 0 Å². The first kappa shape index (κ1) is 13.7. The molecule has 0 saturated heterocycles. The molecule has 0 fully saturated rings. The number of fused-ring (bicyclic) bond motifs is 4. The van der Waals surface area contributed by atoms with Gasteiger partial charge in [-0.2, -0.15) is 0 Å². The molecule has 1 aromatic heterocycles. The van der Waals surface area contributed by atoms with E-state index in [4.69, 9.17) is 0 Å². The molecule has 0 amide bonds. The number of aromatic hydroxyl groups is 2. The fourth-order valence-corrected chi connectivity index (χ4v) is 4.28. The van der Waals surface area contributed by atoms with Crippen LogP contribution in [0, 0.1) is 0 Å². The number of rotatable bonds is 1. The first-order chi connectivity index (χ1) is 11.7. The van der Waals surface area contributed by atoms with Crippen LogP contribution in [0.15, 0.2) is 42.5 Å². The molecule has 3 heteroatoms. The number of benzene rings is 2. The van der Waals surface area contributed by atoms with E-state index in [1.165, 1.54) is 22.3 Å². The van der Waals surface area contributed by atoms with E-state index in [0.717, 1.165) is 48.9 Å². The summed E-state index contributed by atoms with van der Waals surface area (Å²) in [5.41, 5.74) is 7.81. The first-order valence-electron chi connectivity index (χ1n) is 8.60. The molecule has 0 saturated carbocycles. The van der Waals surface area contributed by atoms with Gasteiger partial charge in [-0.25, -0.2) is 0 Å². The molecule has 120 valence electrons. The minimum atomic E-state index is 0.206. The molecular weight excluding hydrogens is 298 g/mol. The molecule has 2 aliphatic carbocycles. The van der Waals surface area contributed by atoms with Gasteiger partial charge in [-0.05, 0) is 66.5 Å². The third-order valence-electron chi connectivity index (χ3n) is 5.47. The number of aromatic nitrogens is 1. The van der Waals surface area contributed by atoms with Crippen molar-refractivity contribution in [1.29, 1.82) is 0 Å². The summed E-state index contributed by atoms with van der Waals surface area (Å²) in [5.74, 6) is 0.412. The fourth-order valence-electron chi connectivity index (χ4n) is 4.28. The maximum Gasteiger partial charge on any atom is 0.202 e. The second-order valence-electron chi connectivity index (χ2n) is 6.82. The summed E-state index contributed by atoms with van der Waals surface area (Å²) in [5, 5.41) is 21.3. The lowest BCUT2D eigenvalue weighted by Crippen LogP contribution is -1.98. The Balaban J connectivity index is 1.65. The van der Waals surface area contributed by atoms with Crippen molar-refractivity contribution in [3.05, 3.63) is 64.7 Å². The molecule has 5 rings (SSSR count). The van der Waals surface area contributed by atoms with Crippen molar-refractivity contribution in [3.63, 3.8) is 0 Å². The average Bonchev–Trinajstić information content (AvgIpc) is 3.10. The van der Waals surface area contributed by atoms with Gasteiger partial charge in [0.1, 0.15) is 0 Å². The molecule has 0 atom stereocenters. The zero-order chi connectivity index (χ0) is 16.3. The molecule has 1 heterocycles. The number of nitrogens with zero attached hydrogens (tertiary/aromatic N) is 1. The minimum absolute atomic E-state index is 0.206. The highest BCUT2D eigenvalue weighted by molar-refractivity contribution is 5.78. The Labute approximate surface area is 140 Å². The van der Waals surface area contributed by atoms with Crippen molar-refractivity contribution in [2.75, 3.05) is 0 Å². The van der Waals surface area contributed by atoms with Gasteiger partial charge in [-0.3, -0.25) is 4.57 Å². The van der Waals surface area contributed by atoms with Gasteiger partial charge in [0.05, 0.1) is 5.69 Å². The summed E-state index contributed by atoms with van der Waals surface area (Å²) in [6, 6.07) is 14.7. The van der Waals surface area contributed by atoms with Crippen LogP contribution < -0.4 is 0 Å². The maximum atomic E-state index is 10.6. The highest BCUT2D eigenvalue weighted by Crippen LogP contribution is 2.43. The molecule has 0 aliphatic heterocycles. The van der Waals surface area contributed by atoms with E-state index in [0.29, 0.717) is 0 Å². The average molecular weight is 317 g/mol. The molecule has 0 spiro atoms. The summed E-state index contributed by atoms with van der Waals surface area (Å²) in [7, 11) is 0. The van der Waals surface area contributed by atoms with Crippen LogP contribution in [0.5, 0.6) is 11.8 Å². The standard InChI is InChI=1S/C21H19NO2/c23-20-18-7-3-4-8-19(18)21(24)22(20)15-9-10-17-14(12-15)11-13-5-1-2-6-16(13)17/h1-2,5-6,9-10,12,23-24H,3-4,7-8,11H2. The zero-order valence-electron chi connectivity index (χ0n) is 13.4. The van der Waals surface area contributed by atoms with Crippen molar-refractivity contribution in [3.8, 4) is 28.6 Å². The first-order valence-corrected chi connectivity index (χ1v) is 8.60. The Kier molecular flexibility index (Phi) is 2.81. The SMILES string of the molecule is Oc1c2c(c(O)n1-c1ccc3c(c1)Cc1ccccc1-3)CCCC2. The second-order valence-corrected chi connectivity index (χ2v) is 6.82. The number of hydrogen-bond acceptors (Lipinski definition) is 2. The monoisotopic (exact) mass is 317 g/mol. The predicted octanol–water partition coefficient (Wildman–Crippen LogP) is 4.34. The summed E-state index contributed by atoms with van der Waals surface area (Å²) in [6.07, 6.45) is 4.74. The van der Waals surface area contributed by atoms with Crippen LogP contribution in [0.3, 0.4) is 0 Å². The maximum absolute atomic E-state index is 10.6. The Hall–Kier alpha value is -2.68. The highest BCUT2D eigenvalue weighted by Gasteiger charge is 2.26. The molecule has 24 heavy (non-hydrogen) atoms. The Morgan fingerprint density at radius 3 is 2.17 bits per heavy atom. The smallest absolute Gasteiger partial charge is 0.202 e. The van der Waals surface area contributed by atoms with Crippen LogP contribution in [-0.4, -0.2) is 14.8 Å². The van der Waals surface area contributed by atoms with E-state index in [1.807, 2.05) is 6.07 Å². The summed E-state index contributed by atoms with van der Waals surface area (Å²) in [6.45, 7) is 0. The molecule has 2 aliphatic rings. The van der Waals surface area contributed by atoms with Crippen LogP contribution in [0.1, 0.15) is 35.1 Å². The van der Waals surface area contributed by atoms with E-state index in [1.54, 1.807) is 4.57 Å². The van der Waals surface area contributed by atoms with Crippen molar-refractivity contribution in [2.24, 2.45) is 0 Å². The van der Waals surface area contributed by atoms with Crippen LogP contribution in [0.2, 0.25) is 0 Å². The number of hydrogen-bond donors (Lipinski definition) is 2. The quantitative estimate of drug-likeness (QED) is 0.548. The molecule has 2 aromatic carbocycles. The van der Waals surface area contributed by atoms with Gasteiger partial charge >= 0.3 is 0 Å². The van der Waals surface area contributed by atoms with Crippen LogP contribution in [0.4, 0.5) is 0 Å². The largest absolute Gasteiger partial charge is 0.494 e. The summed E-state index contributed by atoms with van der Waals surface area (Å²) < 4.78 is 1.61. The van der Waals surface area contributed by atoms with Crippen molar-refractivity contribution in [1.82, 2.24) is 4.57 Å². The highest BCUT2D eigenvalue weighted by atomic mass is 16.3.